The number of carbonyl (C=O) groups excluding carboxylic acids is 2. The fraction of sp³-hybridized carbons (Fsp3) is 0.276. The molecule has 4 rings (SSSR count). The maximum Gasteiger partial charge on any atom is 0.337 e. The van der Waals surface area contributed by atoms with E-state index in [0.29, 0.717) is 35.9 Å². The molecule has 0 bridgehead atoms. The second-order valence-electron chi connectivity index (χ2n) is 8.96. The predicted octanol–water partition coefficient (Wildman–Crippen LogP) is 3.35. The summed E-state index contributed by atoms with van der Waals surface area (Å²) in [5, 5.41) is 21.0. The zero-order valence-corrected chi connectivity index (χ0v) is 22.6. The summed E-state index contributed by atoms with van der Waals surface area (Å²) in [4.78, 5) is 24.5. The smallest absolute Gasteiger partial charge is 0.337 e. The minimum Gasteiger partial charge on any atom is -0.490 e. The number of hydrogen-bond donors (Lipinski definition) is 4. The number of hydrogen-bond acceptors (Lipinski definition) is 8. The lowest BCUT2D eigenvalue weighted by Gasteiger charge is -2.28. The van der Waals surface area contributed by atoms with Gasteiger partial charge >= 0.3 is 12.0 Å². The van der Waals surface area contributed by atoms with Crippen molar-refractivity contribution in [3.05, 3.63) is 83.7 Å². The molecule has 0 aliphatic carbocycles. The van der Waals surface area contributed by atoms with Gasteiger partial charge in [-0.15, -0.1) is 6.58 Å². The summed E-state index contributed by atoms with van der Waals surface area (Å²) < 4.78 is 18.5. The van der Waals surface area contributed by atoms with Gasteiger partial charge in [-0.2, -0.15) is 5.10 Å². The Morgan fingerprint density at radius 2 is 2.05 bits per heavy atom. The number of hydrazone groups is 1. The van der Waals surface area contributed by atoms with Gasteiger partial charge in [0.25, 0.3) is 0 Å². The molecule has 0 unspecified atom stereocenters. The Balaban J connectivity index is 1.45. The topological polar surface area (TPSA) is 135 Å². The van der Waals surface area contributed by atoms with Crippen LogP contribution in [-0.2, 0) is 16.1 Å². The number of aliphatic hydroxyl groups is 1. The van der Waals surface area contributed by atoms with Gasteiger partial charge in [0.15, 0.2) is 17.7 Å². The Morgan fingerprint density at radius 1 is 1.25 bits per heavy atom. The van der Waals surface area contributed by atoms with Crippen LogP contribution in [0.1, 0.15) is 31.0 Å². The molecule has 210 valence electrons. The van der Waals surface area contributed by atoms with Crippen molar-refractivity contribution in [3.63, 3.8) is 0 Å². The molecule has 2 heterocycles. The van der Waals surface area contributed by atoms with Crippen LogP contribution in [0, 0.1) is 0 Å². The first-order valence-corrected chi connectivity index (χ1v) is 12.8. The molecule has 0 saturated carbocycles. The van der Waals surface area contributed by atoms with Crippen molar-refractivity contribution in [2.45, 2.75) is 32.7 Å². The highest BCUT2D eigenvalue weighted by molar-refractivity contribution is 5.99. The van der Waals surface area contributed by atoms with Crippen LogP contribution < -0.4 is 25.5 Å². The van der Waals surface area contributed by atoms with E-state index in [4.69, 9.17) is 14.2 Å². The zero-order chi connectivity index (χ0) is 28.6. The van der Waals surface area contributed by atoms with Gasteiger partial charge in [-0.3, -0.25) is 5.43 Å². The molecular formula is C29H33N5O6. The number of urea groups is 1. The Hall–Kier alpha value is -4.77. The molecule has 40 heavy (non-hydrogen) atoms. The number of nitrogens with one attached hydrogen (secondary N) is 3. The standard InChI is InChI=1S/C29H33N5O6/c1-5-13-34-16-20(21-9-7-8-10-22(21)34)15-30-33-25(35)17-40-23-12-11-19(14-24(23)39-6-2)27-26(28(36)38-4)18(3)31-29(37)32-27/h5,7-12,14-16,25,27,33,35H,1,6,13,17H2,2-4H3,(H2,31,32,37)/b30-15+/t25-,27-/m0/s1. The van der Waals surface area contributed by atoms with Crippen LogP contribution in [0.3, 0.4) is 0 Å². The summed E-state index contributed by atoms with van der Waals surface area (Å²) in [5.74, 6) is 0.206. The highest BCUT2D eigenvalue weighted by Crippen LogP contribution is 2.35. The molecule has 0 saturated heterocycles. The molecule has 1 aliphatic heterocycles. The number of rotatable bonds is 12. The van der Waals surface area contributed by atoms with E-state index in [1.165, 1.54) is 7.11 Å². The molecule has 3 aromatic rings. The van der Waals surface area contributed by atoms with E-state index in [0.717, 1.165) is 16.5 Å². The average Bonchev–Trinajstić information content (AvgIpc) is 3.29. The molecular weight excluding hydrogens is 514 g/mol. The minimum absolute atomic E-state index is 0.120. The summed E-state index contributed by atoms with van der Waals surface area (Å²) >= 11 is 0. The highest BCUT2D eigenvalue weighted by atomic mass is 16.5. The van der Waals surface area contributed by atoms with Crippen LogP contribution in [0.25, 0.3) is 10.9 Å². The van der Waals surface area contributed by atoms with E-state index in [1.807, 2.05) is 43.5 Å². The monoisotopic (exact) mass is 547 g/mol. The van der Waals surface area contributed by atoms with Gasteiger partial charge in [0.05, 0.1) is 31.5 Å². The van der Waals surface area contributed by atoms with Crippen LogP contribution in [-0.4, -0.2) is 54.4 Å². The van der Waals surface area contributed by atoms with Crippen LogP contribution in [0.4, 0.5) is 4.79 Å². The number of aliphatic hydroxyl groups excluding tert-OH is 1. The lowest BCUT2D eigenvalue weighted by Crippen LogP contribution is -2.45. The molecule has 4 N–H and O–H groups in total. The van der Waals surface area contributed by atoms with E-state index >= 15 is 0 Å². The van der Waals surface area contributed by atoms with Gasteiger partial charge < -0.3 is 34.5 Å². The molecule has 2 amide bonds. The number of benzene rings is 2. The first-order valence-electron chi connectivity index (χ1n) is 12.8. The molecule has 11 nitrogen and oxygen atoms in total. The van der Waals surface area contributed by atoms with Crippen molar-refractivity contribution < 1.29 is 28.9 Å². The Morgan fingerprint density at radius 3 is 2.80 bits per heavy atom. The number of carbonyl (C=O) groups is 2. The summed E-state index contributed by atoms with van der Waals surface area (Å²) in [5.41, 5.74) is 5.92. The number of amides is 2. The number of esters is 1. The fourth-order valence-electron chi connectivity index (χ4n) is 4.48. The Bertz CT molecular complexity index is 1460. The van der Waals surface area contributed by atoms with Crippen molar-refractivity contribution in [3.8, 4) is 11.5 Å². The van der Waals surface area contributed by atoms with E-state index in [9.17, 15) is 14.7 Å². The number of nitrogens with zero attached hydrogens (tertiary/aromatic N) is 2. The molecule has 0 spiro atoms. The molecule has 0 radical (unpaired) electrons. The SMILES string of the molecule is C=CCn1cc(/C=N/N[C@@H](O)COc2ccc([C@@H]3NC(=O)NC(C)=C3C(=O)OC)cc2OCC)c2ccccc21. The predicted molar refractivity (Wildman–Crippen MR) is 151 cm³/mol. The number of ether oxygens (including phenoxy) is 3. The third kappa shape index (κ3) is 6.26. The summed E-state index contributed by atoms with van der Waals surface area (Å²) in [7, 11) is 1.28. The summed E-state index contributed by atoms with van der Waals surface area (Å²) in [6.45, 7) is 8.16. The molecule has 1 aromatic heterocycles. The summed E-state index contributed by atoms with van der Waals surface area (Å²) in [6, 6.07) is 11.8. The third-order valence-electron chi connectivity index (χ3n) is 6.24. The van der Waals surface area contributed by atoms with Crippen molar-refractivity contribution >= 4 is 29.1 Å². The average molecular weight is 548 g/mol. The largest absolute Gasteiger partial charge is 0.490 e. The Labute approximate surface area is 232 Å². The summed E-state index contributed by atoms with van der Waals surface area (Å²) in [6.07, 6.45) is 4.34. The van der Waals surface area contributed by atoms with E-state index in [2.05, 4.69) is 32.3 Å². The molecule has 2 aromatic carbocycles. The number of methoxy groups -OCH3 is 1. The van der Waals surface area contributed by atoms with Crippen molar-refractivity contribution in [2.75, 3.05) is 20.3 Å². The van der Waals surface area contributed by atoms with Crippen LogP contribution in [0.2, 0.25) is 0 Å². The van der Waals surface area contributed by atoms with Crippen molar-refractivity contribution in [1.82, 2.24) is 20.6 Å². The number of aromatic nitrogens is 1. The maximum absolute atomic E-state index is 12.4. The Kier molecular flexibility index (Phi) is 9.07. The van der Waals surface area contributed by atoms with E-state index in [1.54, 1.807) is 31.3 Å². The zero-order valence-electron chi connectivity index (χ0n) is 22.6. The normalized spacial score (nSPS) is 15.9. The van der Waals surface area contributed by atoms with E-state index < -0.39 is 24.3 Å². The van der Waals surface area contributed by atoms with Crippen LogP contribution in [0.15, 0.2) is 77.7 Å². The van der Waals surface area contributed by atoms with Crippen molar-refractivity contribution in [2.24, 2.45) is 5.10 Å². The van der Waals surface area contributed by atoms with Crippen LogP contribution in [0.5, 0.6) is 11.5 Å². The number of allylic oxidation sites excluding steroid dienone is 2. The second kappa shape index (κ2) is 12.9. The van der Waals surface area contributed by atoms with Crippen LogP contribution >= 0.6 is 0 Å². The van der Waals surface area contributed by atoms with Crippen molar-refractivity contribution in [1.29, 1.82) is 0 Å². The lowest BCUT2D eigenvalue weighted by atomic mass is 9.95. The van der Waals surface area contributed by atoms with Gasteiger partial charge in [-0.05, 0) is 37.6 Å². The van der Waals surface area contributed by atoms with Gasteiger partial charge in [-0.25, -0.2) is 9.59 Å². The minimum atomic E-state index is -1.10. The highest BCUT2D eigenvalue weighted by Gasteiger charge is 2.32. The second-order valence-corrected chi connectivity index (χ2v) is 8.96. The first kappa shape index (κ1) is 28.2. The molecule has 0 fully saturated rings. The number of para-hydroxylation sites is 1. The molecule has 2 atom stereocenters. The van der Waals surface area contributed by atoms with Gasteiger partial charge in [0, 0.05) is 34.9 Å². The maximum atomic E-state index is 12.4. The molecule has 1 aliphatic rings. The number of fused-ring (bicyclic) bond motifs is 1. The van der Waals surface area contributed by atoms with Gasteiger partial charge in [0.1, 0.15) is 6.61 Å². The molecule has 11 heteroatoms. The quantitative estimate of drug-likeness (QED) is 0.0898. The van der Waals surface area contributed by atoms with Gasteiger partial charge in [0.2, 0.25) is 0 Å². The third-order valence-corrected chi connectivity index (χ3v) is 6.24. The first-order chi connectivity index (χ1) is 19.4. The lowest BCUT2D eigenvalue weighted by molar-refractivity contribution is -0.136. The fourth-order valence-corrected chi connectivity index (χ4v) is 4.48. The van der Waals surface area contributed by atoms with E-state index in [-0.39, 0.29) is 12.2 Å². The van der Waals surface area contributed by atoms with Gasteiger partial charge in [-0.1, -0.05) is 30.3 Å².